The molecule has 0 spiro atoms. The predicted molar refractivity (Wildman–Crippen MR) is 128 cm³/mol. The third-order valence-electron chi connectivity index (χ3n) is 5.16. The second-order valence-corrected chi connectivity index (χ2v) is 10.7. The summed E-state index contributed by atoms with van der Waals surface area (Å²) in [5.74, 6) is 1.39. The maximum absolute atomic E-state index is 13.0. The van der Waals surface area contributed by atoms with Gasteiger partial charge in [0.2, 0.25) is 10.0 Å². The quantitative estimate of drug-likeness (QED) is 0.477. The number of halogens is 2. The van der Waals surface area contributed by atoms with E-state index in [2.05, 4.69) is 4.90 Å². The van der Waals surface area contributed by atoms with Gasteiger partial charge in [-0.1, -0.05) is 23.2 Å². The second kappa shape index (κ2) is 9.44. The second-order valence-electron chi connectivity index (χ2n) is 7.08. The van der Waals surface area contributed by atoms with Crippen molar-refractivity contribution < 1.29 is 17.9 Å². The number of methoxy groups -OCH3 is 2. The highest BCUT2D eigenvalue weighted by Crippen LogP contribution is 2.36. The van der Waals surface area contributed by atoms with Gasteiger partial charge in [-0.2, -0.15) is 4.31 Å². The van der Waals surface area contributed by atoms with Crippen molar-refractivity contribution >= 4 is 49.7 Å². The van der Waals surface area contributed by atoms with Gasteiger partial charge in [0.25, 0.3) is 0 Å². The van der Waals surface area contributed by atoms with E-state index in [0.717, 1.165) is 16.4 Å². The van der Waals surface area contributed by atoms with E-state index in [9.17, 15) is 8.42 Å². The van der Waals surface area contributed by atoms with Crippen LogP contribution in [0.15, 0.2) is 46.7 Å². The number of thiazole rings is 1. The molecule has 2 aromatic carbocycles. The van der Waals surface area contributed by atoms with Crippen LogP contribution < -0.4 is 14.4 Å². The average Bonchev–Trinajstić information content (AvgIpc) is 3.28. The summed E-state index contributed by atoms with van der Waals surface area (Å²) in [6.45, 7) is 1.74. The largest absolute Gasteiger partial charge is 0.497 e. The van der Waals surface area contributed by atoms with Gasteiger partial charge in [0, 0.05) is 53.2 Å². The highest BCUT2D eigenvalue weighted by Gasteiger charge is 2.30. The molecule has 1 aliphatic heterocycles. The first-order valence-electron chi connectivity index (χ1n) is 9.71. The molecule has 1 aromatic heterocycles. The van der Waals surface area contributed by atoms with Gasteiger partial charge in [-0.05, 0) is 30.3 Å². The summed E-state index contributed by atoms with van der Waals surface area (Å²) in [5.41, 5.74) is 1.67. The Morgan fingerprint density at radius 1 is 0.969 bits per heavy atom. The molecule has 1 saturated heterocycles. The molecule has 0 bridgehead atoms. The van der Waals surface area contributed by atoms with E-state index >= 15 is 0 Å². The topological polar surface area (TPSA) is 72.0 Å². The number of ether oxygens (including phenoxy) is 2. The third kappa shape index (κ3) is 4.67. The first-order valence-corrected chi connectivity index (χ1v) is 12.8. The van der Waals surface area contributed by atoms with Crippen molar-refractivity contribution in [1.29, 1.82) is 0 Å². The summed E-state index contributed by atoms with van der Waals surface area (Å²) in [4.78, 5) is 6.95. The molecule has 0 atom stereocenters. The molecule has 1 aliphatic rings. The van der Waals surface area contributed by atoms with Gasteiger partial charge in [0.15, 0.2) is 5.13 Å². The Morgan fingerprint density at radius 3 is 2.28 bits per heavy atom. The van der Waals surface area contributed by atoms with Crippen molar-refractivity contribution in [3.05, 3.63) is 51.8 Å². The molecular formula is C21H21Cl2N3O4S2. The fraction of sp³-hybridized carbons (Fsp3) is 0.286. The minimum absolute atomic E-state index is 0.103. The van der Waals surface area contributed by atoms with Crippen LogP contribution in [0.1, 0.15) is 0 Å². The molecule has 170 valence electrons. The van der Waals surface area contributed by atoms with Gasteiger partial charge in [-0.15, -0.1) is 11.3 Å². The molecule has 0 amide bonds. The van der Waals surface area contributed by atoms with Crippen LogP contribution in [0.5, 0.6) is 11.5 Å². The Kier molecular flexibility index (Phi) is 6.83. The predicted octanol–water partition coefficient (Wildman–Crippen LogP) is 4.65. The van der Waals surface area contributed by atoms with Crippen LogP contribution in [0.3, 0.4) is 0 Å². The molecule has 4 rings (SSSR count). The fourth-order valence-corrected chi connectivity index (χ4v) is 6.52. The first-order chi connectivity index (χ1) is 15.3. The summed E-state index contributed by atoms with van der Waals surface area (Å²) < 4.78 is 38.2. The van der Waals surface area contributed by atoms with Crippen LogP contribution >= 0.6 is 34.5 Å². The van der Waals surface area contributed by atoms with Crippen molar-refractivity contribution in [3.63, 3.8) is 0 Å². The van der Waals surface area contributed by atoms with Crippen LogP contribution in [0, 0.1) is 0 Å². The van der Waals surface area contributed by atoms with Crippen LogP contribution in [0.2, 0.25) is 10.0 Å². The Balaban J connectivity index is 1.48. The lowest BCUT2D eigenvalue weighted by Crippen LogP contribution is -2.48. The zero-order valence-corrected chi connectivity index (χ0v) is 20.6. The number of benzene rings is 2. The number of nitrogens with zero attached hydrogens (tertiary/aromatic N) is 3. The molecule has 2 heterocycles. The van der Waals surface area contributed by atoms with E-state index < -0.39 is 10.0 Å². The van der Waals surface area contributed by atoms with Crippen molar-refractivity contribution in [1.82, 2.24) is 9.29 Å². The Hall–Kier alpha value is -2.04. The Bertz CT molecular complexity index is 1210. The van der Waals surface area contributed by atoms with Crippen molar-refractivity contribution in [3.8, 4) is 22.8 Å². The fourth-order valence-electron chi connectivity index (χ4n) is 3.49. The molecular weight excluding hydrogens is 493 g/mol. The van der Waals surface area contributed by atoms with E-state index in [1.165, 1.54) is 33.8 Å². The number of hydrogen-bond acceptors (Lipinski definition) is 7. The van der Waals surface area contributed by atoms with Crippen LogP contribution in [-0.4, -0.2) is 58.1 Å². The first kappa shape index (κ1) is 23.1. The minimum atomic E-state index is -3.67. The van der Waals surface area contributed by atoms with Crippen LogP contribution in [-0.2, 0) is 10.0 Å². The minimum Gasteiger partial charge on any atom is -0.497 e. The number of anilines is 1. The summed E-state index contributed by atoms with van der Waals surface area (Å²) in [6, 6.07) is 9.95. The number of piperazine rings is 1. The summed E-state index contributed by atoms with van der Waals surface area (Å²) in [6.07, 6.45) is 0. The van der Waals surface area contributed by atoms with Crippen molar-refractivity contribution in [2.75, 3.05) is 45.3 Å². The highest BCUT2D eigenvalue weighted by atomic mass is 35.5. The molecule has 0 aliphatic carbocycles. The maximum atomic E-state index is 13.0. The average molecular weight is 514 g/mol. The van der Waals surface area contributed by atoms with E-state index in [-0.39, 0.29) is 4.90 Å². The number of sulfonamides is 1. The van der Waals surface area contributed by atoms with Gasteiger partial charge in [0.1, 0.15) is 11.5 Å². The highest BCUT2D eigenvalue weighted by molar-refractivity contribution is 7.89. The van der Waals surface area contributed by atoms with E-state index in [0.29, 0.717) is 47.7 Å². The molecule has 3 aromatic rings. The molecule has 0 unspecified atom stereocenters. The molecule has 7 nitrogen and oxygen atoms in total. The number of aromatic nitrogens is 1. The van der Waals surface area contributed by atoms with Gasteiger partial charge >= 0.3 is 0 Å². The normalized spacial score (nSPS) is 15.1. The summed E-state index contributed by atoms with van der Waals surface area (Å²) in [7, 11) is -0.457. The smallest absolute Gasteiger partial charge is 0.243 e. The SMILES string of the molecule is COc1ccc(-c2csc(N3CCN(S(=O)(=O)c4cc(Cl)cc(Cl)c4)CC3)n2)c(OC)c1. The Labute approximate surface area is 201 Å². The third-order valence-corrected chi connectivity index (χ3v) is 8.37. The maximum Gasteiger partial charge on any atom is 0.243 e. The number of rotatable bonds is 6. The molecule has 0 radical (unpaired) electrons. The van der Waals surface area contributed by atoms with Gasteiger partial charge < -0.3 is 14.4 Å². The van der Waals surface area contributed by atoms with Gasteiger partial charge in [0.05, 0.1) is 24.8 Å². The van der Waals surface area contributed by atoms with E-state index in [1.54, 1.807) is 14.2 Å². The standard InChI is InChI=1S/C21H21Cl2N3O4S2/c1-29-16-3-4-18(20(12-16)30-2)19-13-31-21(24-19)25-5-7-26(8-6-25)32(27,28)17-10-14(22)9-15(23)11-17/h3-4,9-13H,5-8H2,1-2H3. The van der Waals surface area contributed by atoms with Gasteiger partial charge in [-0.25, -0.2) is 13.4 Å². The van der Waals surface area contributed by atoms with Gasteiger partial charge in [-0.3, -0.25) is 0 Å². The Morgan fingerprint density at radius 2 is 1.66 bits per heavy atom. The zero-order valence-electron chi connectivity index (χ0n) is 17.4. The lowest BCUT2D eigenvalue weighted by molar-refractivity contribution is 0.384. The molecule has 0 saturated carbocycles. The van der Waals surface area contributed by atoms with Crippen molar-refractivity contribution in [2.24, 2.45) is 0 Å². The van der Waals surface area contributed by atoms with Crippen LogP contribution in [0.4, 0.5) is 5.13 Å². The number of hydrogen-bond donors (Lipinski definition) is 0. The molecule has 0 N–H and O–H groups in total. The molecule has 1 fully saturated rings. The summed E-state index contributed by atoms with van der Waals surface area (Å²) >= 11 is 13.5. The van der Waals surface area contributed by atoms with E-state index in [4.69, 9.17) is 37.7 Å². The zero-order chi connectivity index (χ0) is 22.9. The lowest BCUT2D eigenvalue weighted by Gasteiger charge is -2.33. The molecule has 11 heteroatoms. The van der Waals surface area contributed by atoms with Crippen LogP contribution in [0.25, 0.3) is 11.3 Å². The summed E-state index contributed by atoms with van der Waals surface area (Å²) in [5, 5.41) is 3.38. The lowest BCUT2D eigenvalue weighted by atomic mass is 10.1. The molecule has 32 heavy (non-hydrogen) atoms. The van der Waals surface area contributed by atoms with Crippen molar-refractivity contribution in [2.45, 2.75) is 4.90 Å². The van der Waals surface area contributed by atoms with E-state index in [1.807, 2.05) is 23.6 Å². The monoisotopic (exact) mass is 513 g/mol.